The third-order valence-corrected chi connectivity index (χ3v) is 8.21. The van der Waals surface area contributed by atoms with Gasteiger partial charge in [-0.25, -0.2) is 4.79 Å². The highest BCUT2D eigenvalue weighted by Crippen LogP contribution is 2.41. The summed E-state index contributed by atoms with van der Waals surface area (Å²) < 4.78 is 34.7. The van der Waals surface area contributed by atoms with Gasteiger partial charge in [0.05, 0.1) is 25.0 Å². The lowest BCUT2D eigenvalue weighted by Gasteiger charge is -2.41. The van der Waals surface area contributed by atoms with Gasteiger partial charge in [0.2, 0.25) is 18.3 Å². The van der Waals surface area contributed by atoms with Crippen molar-refractivity contribution in [3.8, 4) is 11.5 Å². The molecule has 0 saturated carbocycles. The SMILES string of the molecule is CC(=O)Cc1cc(=O)c2c(C)cc(O[C@@H]3O[C@H](CO)[C@@H](O)[C@H](O)[C@H]3O)c(O[C@@H]3O[C@H](CO)[C@@H](O)[C@H](O)[C@H]3OC(=O)/C=C/c3ccccc3)c2o1. The van der Waals surface area contributed by atoms with Gasteiger partial charge in [0.25, 0.3) is 0 Å². The number of aliphatic hydroxyl groups excluding tert-OH is 7. The van der Waals surface area contributed by atoms with Gasteiger partial charge < -0.3 is 63.8 Å². The molecule has 2 aliphatic rings. The van der Waals surface area contributed by atoms with E-state index in [-0.39, 0.29) is 40.2 Å². The molecule has 16 nitrogen and oxygen atoms in total. The normalized spacial score (nSPS) is 29.9. The highest BCUT2D eigenvalue weighted by Gasteiger charge is 2.49. The van der Waals surface area contributed by atoms with Gasteiger partial charge in [-0.15, -0.1) is 0 Å². The third-order valence-electron chi connectivity index (χ3n) is 8.21. The van der Waals surface area contributed by atoms with E-state index in [1.165, 1.54) is 26.0 Å². The van der Waals surface area contributed by atoms with Crippen LogP contribution < -0.4 is 14.9 Å². The van der Waals surface area contributed by atoms with Gasteiger partial charge in [0.1, 0.15) is 54.3 Å². The van der Waals surface area contributed by atoms with Crippen LogP contribution in [0.3, 0.4) is 0 Å². The van der Waals surface area contributed by atoms with E-state index in [1.807, 2.05) is 0 Å². The molecule has 0 radical (unpaired) electrons. The Bertz CT molecular complexity index is 1750. The van der Waals surface area contributed by atoms with E-state index in [4.69, 9.17) is 28.1 Å². The number of esters is 1. The molecule has 2 saturated heterocycles. The van der Waals surface area contributed by atoms with Crippen LogP contribution in [0.2, 0.25) is 0 Å². The standard InChI is InChI=1S/C34H38O16/c1-15-10-20(46-33-29(44)27(42)25(40)21(13-35)47-33)30(31-24(15)19(38)12-18(45-31)11-16(2)37)50-34-32(28(43)26(41)22(14-36)48-34)49-23(39)9-8-17-6-4-3-5-7-17/h3-10,12,21-22,25-29,32-36,40-44H,11,13-14H2,1-2H3/b9-8+/t21-,22-,25-,26-,27+,28+,29-,32-,33-,34+/m1/s1. The molecule has 0 aliphatic carbocycles. The molecule has 16 heteroatoms. The summed E-state index contributed by atoms with van der Waals surface area (Å²) in [6.45, 7) is 1.21. The van der Waals surface area contributed by atoms with Crippen molar-refractivity contribution in [1.82, 2.24) is 0 Å². The van der Waals surface area contributed by atoms with Gasteiger partial charge in [-0.05, 0) is 37.1 Å². The zero-order valence-electron chi connectivity index (χ0n) is 26.9. The van der Waals surface area contributed by atoms with Crippen molar-refractivity contribution >= 4 is 28.8 Å². The number of ether oxygens (including phenoxy) is 5. The van der Waals surface area contributed by atoms with Gasteiger partial charge in [-0.3, -0.25) is 9.59 Å². The summed E-state index contributed by atoms with van der Waals surface area (Å²) in [6.07, 6.45) is -15.0. The zero-order chi connectivity index (χ0) is 36.3. The number of rotatable bonds is 11. The predicted molar refractivity (Wildman–Crippen MR) is 170 cm³/mol. The van der Waals surface area contributed by atoms with Crippen LogP contribution in [0.1, 0.15) is 23.8 Å². The number of hydrogen-bond donors (Lipinski definition) is 7. The average Bonchev–Trinajstić information content (AvgIpc) is 3.08. The molecule has 0 amide bonds. The molecule has 0 unspecified atom stereocenters. The number of benzene rings is 2. The number of aliphatic hydroxyl groups is 7. The Morgan fingerprint density at radius 2 is 1.48 bits per heavy atom. The van der Waals surface area contributed by atoms with Crippen molar-refractivity contribution in [2.75, 3.05) is 13.2 Å². The fourth-order valence-electron chi connectivity index (χ4n) is 5.64. The molecule has 10 atom stereocenters. The average molecular weight is 703 g/mol. The number of fused-ring (bicyclic) bond motifs is 1. The first-order chi connectivity index (χ1) is 23.8. The molecular formula is C34H38O16. The fraction of sp³-hybridized carbons (Fsp3) is 0.441. The first-order valence-corrected chi connectivity index (χ1v) is 15.6. The zero-order valence-corrected chi connectivity index (χ0v) is 26.9. The first kappa shape index (κ1) is 37.0. The van der Waals surface area contributed by atoms with Crippen molar-refractivity contribution in [2.45, 2.75) is 81.7 Å². The van der Waals surface area contributed by atoms with Gasteiger partial charge in [0.15, 0.2) is 22.9 Å². The van der Waals surface area contributed by atoms with E-state index < -0.39 is 91.8 Å². The molecule has 5 rings (SSSR count). The third kappa shape index (κ3) is 7.88. The van der Waals surface area contributed by atoms with E-state index in [2.05, 4.69) is 0 Å². The van der Waals surface area contributed by atoms with Crippen LogP contribution in [0.4, 0.5) is 0 Å². The Balaban J connectivity index is 1.60. The van der Waals surface area contributed by atoms with Gasteiger partial charge in [-0.2, -0.15) is 0 Å². The summed E-state index contributed by atoms with van der Waals surface area (Å²) in [4.78, 5) is 38.2. The van der Waals surface area contributed by atoms with E-state index in [1.54, 1.807) is 30.3 Å². The van der Waals surface area contributed by atoms with E-state index in [0.29, 0.717) is 5.56 Å². The summed E-state index contributed by atoms with van der Waals surface area (Å²) >= 11 is 0. The molecule has 3 aromatic rings. The summed E-state index contributed by atoms with van der Waals surface area (Å²) in [6, 6.07) is 11.1. The minimum absolute atomic E-state index is 0.0529. The monoisotopic (exact) mass is 702 g/mol. The van der Waals surface area contributed by atoms with Crippen LogP contribution in [-0.4, -0.2) is 122 Å². The highest BCUT2D eigenvalue weighted by atomic mass is 16.7. The Morgan fingerprint density at radius 1 is 0.840 bits per heavy atom. The van der Waals surface area contributed by atoms with Crippen molar-refractivity contribution in [3.63, 3.8) is 0 Å². The lowest BCUT2D eigenvalue weighted by molar-refractivity contribution is -0.284. The highest BCUT2D eigenvalue weighted by molar-refractivity contribution is 5.89. The lowest BCUT2D eigenvalue weighted by Crippen LogP contribution is -2.61. The molecule has 50 heavy (non-hydrogen) atoms. The fourth-order valence-corrected chi connectivity index (χ4v) is 5.64. The van der Waals surface area contributed by atoms with E-state index in [9.17, 15) is 50.1 Å². The second-order valence-corrected chi connectivity index (χ2v) is 12.0. The van der Waals surface area contributed by atoms with E-state index >= 15 is 0 Å². The van der Waals surface area contributed by atoms with Gasteiger partial charge in [-0.1, -0.05) is 30.3 Å². The van der Waals surface area contributed by atoms with Crippen molar-refractivity contribution < 1.29 is 73.4 Å². The molecule has 270 valence electrons. The smallest absolute Gasteiger partial charge is 0.331 e. The summed E-state index contributed by atoms with van der Waals surface area (Å²) in [5.74, 6) is -2.20. The predicted octanol–water partition coefficient (Wildman–Crippen LogP) is -1.15. The second-order valence-electron chi connectivity index (χ2n) is 12.0. The molecule has 2 fully saturated rings. The van der Waals surface area contributed by atoms with Crippen LogP contribution in [0, 0.1) is 6.92 Å². The van der Waals surface area contributed by atoms with Crippen molar-refractivity contribution in [2.24, 2.45) is 0 Å². The Hall–Kier alpha value is -4.23. The van der Waals surface area contributed by atoms with Crippen LogP contribution in [-0.2, 0) is 30.2 Å². The van der Waals surface area contributed by atoms with Crippen LogP contribution in [0.25, 0.3) is 17.0 Å². The summed E-state index contributed by atoms with van der Waals surface area (Å²) in [7, 11) is 0. The maximum absolute atomic E-state index is 13.3. The number of ketones is 1. The quantitative estimate of drug-likeness (QED) is 0.0921. The molecule has 7 N–H and O–H groups in total. The number of carbonyl (C=O) groups is 2. The van der Waals surface area contributed by atoms with Crippen LogP contribution in [0.5, 0.6) is 11.5 Å². The van der Waals surface area contributed by atoms with E-state index in [0.717, 1.165) is 12.1 Å². The number of aryl methyl sites for hydroxylation is 1. The van der Waals surface area contributed by atoms with Crippen LogP contribution >= 0.6 is 0 Å². The molecule has 1 aromatic heterocycles. The maximum atomic E-state index is 13.3. The number of Topliss-reactive ketones (excluding diaryl/α,β-unsaturated/α-hetero) is 1. The number of hydrogen-bond acceptors (Lipinski definition) is 16. The second kappa shape index (κ2) is 15.8. The topological polar surface area (TPSA) is 252 Å². The minimum atomic E-state index is -1.88. The molecule has 2 aromatic carbocycles. The Labute approximate surface area is 284 Å². The Morgan fingerprint density at radius 3 is 2.12 bits per heavy atom. The molecule has 3 heterocycles. The lowest BCUT2D eigenvalue weighted by atomic mass is 9.99. The van der Waals surface area contributed by atoms with Gasteiger partial charge >= 0.3 is 5.97 Å². The maximum Gasteiger partial charge on any atom is 0.331 e. The van der Waals surface area contributed by atoms with Crippen molar-refractivity contribution in [3.05, 3.63) is 75.7 Å². The van der Waals surface area contributed by atoms with Gasteiger partial charge in [0, 0.05) is 12.1 Å². The molecule has 2 aliphatic heterocycles. The Kier molecular flexibility index (Phi) is 11.7. The minimum Gasteiger partial charge on any atom is -0.458 e. The summed E-state index contributed by atoms with van der Waals surface area (Å²) in [5.41, 5.74) is -0.00778. The first-order valence-electron chi connectivity index (χ1n) is 15.6. The summed E-state index contributed by atoms with van der Waals surface area (Å²) in [5, 5.41) is 72.5. The number of carbonyl (C=O) groups excluding carboxylic acids is 2. The molecule has 0 spiro atoms. The van der Waals surface area contributed by atoms with Crippen molar-refractivity contribution in [1.29, 1.82) is 0 Å². The largest absolute Gasteiger partial charge is 0.458 e. The van der Waals surface area contributed by atoms with Crippen LogP contribution in [0.15, 0.2) is 57.8 Å². The molecule has 0 bridgehead atoms. The molecular weight excluding hydrogens is 664 g/mol.